The van der Waals surface area contributed by atoms with Crippen LogP contribution in [0.15, 0.2) is 53.6 Å². The molecule has 4 rings (SSSR count). The van der Waals surface area contributed by atoms with Gasteiger partial charge in [-0.3, -0.25) is 4.79 Å². The van der Waals surface area contributed by atoms with Crippen LogP contribution in [0, 0.1) is 6.92 Å². The predicted octanol–water partition coefficient (Wildman–Crippen LogP) is 4.80. The molecule has 0 saturated heterocycles. The van der Waals surface area contributed by atoms with E-state index in [1.54, 1.807) is 12.1 Å². The fraction of sp³-hybridized carbons (Fsp3) is 0.0556. The first-order chi connectivity index (χ1) is 12.1. The number of hydrogen-bond donors (Lipinski definition) is 1. The minimum absolute atomic E-state index is 0.230. The lowest BCUT2D eigenvalue weighted by Gasteiger charge is -2.09. The maximum atomic E-state index is 11.8. The van der Waals surface area contributed by atoms with Crippen molar-refractivity contribution in [1.29, 1.82) is 0 Å². The van der Waals surface area contributed by atoms with Gasteiger partial charge < -0.3 is 9.72 Å². The van der Waals surface area contributed by atoms with Crippen molar-refractivity contribution >= 4 is 33.3 Å². The Morgan fingerprint density at radius 1 is 1.16 bits per heavy atom. The van der Waals surface area contributed by atoms with E-state index in [2.05, 4.69) is 15.0 Å². The van der Waals surface area contributed by atoms with Gasteiger partial charge in [0.2, 0.25) is 0 Å². The molecule has 4 aromatic rings. The molecule has 124 valence electrons. The van der Waals surface area contributed by atoms with Crippen molar-refractivity contribution < 1.29 is 4.74 Å². The predicted molar refractivity (Wildman–Crippen MR) is 99.7 cm³/mol. The molecule has 0 aliphatic rings. The highest BCUT2D eigenvalue weighted by molar-refractivity contribution is 7.21. The van der Waals surface area contributed by atoms with Gasteiger partial charge in [-0.15, -0.1) is 0 Å². The number of ether oxygens (including phenoxy) is 1. The lowest BCUT2D eigenvalue weighted by atomic mass is 10.1. The molecule has 2 aromatic carbocycles. The molecule has 0 radical (unpaired) electrons. The van der Waals surface area contributed by atoms with E-state index < -0.39 is 0 Å². The van der Waals surface area contributed by atoms with Crippen LogP contribution in [0.3, 0.4) is 0 Å². The number of thiazole rings is 1. The van der Waals surface area contributed by atoms with E-state index >= 15 is 0 Å². The Bertz CT molecular complexity index is 1120. The van der Waals surface area contributed by atoms with E-state index in [1.807, 2.05) is 37.3 Å². The van der Waals surface area contributed by atoms with E-state index in [0.717, 1.165) is 27.6 Å². The van der Waals surface area contributed by atoms with Crippen molar-refractivity contribution in [2.45, 2.75) is 6.92 Å². The van der Waals surface area contributed by atoms with E-state index in [-0.39, 0.29) is 5.56 Å². The maximum absolute atomic E-state index is 11.8. The number of H-pyrrole nitrogens is 1. The Balaban J connectivity index is 1.67. The van der Waals surface area contributed by atoms with E-state index in [1.165, 1.54) is 17.7 Å². The molecule has 5 nitrogen and oxygen atoms in total. The van der Waals surface area contributed by atoms with Gasteiger partial charge >= 0.3 is 0 Å². The number of rotatable bonds is 3. The molecule has 0 aliphatic heterocycles. The Morgan fingerprint density at radius 2 is 1.96 bits per heavy atom. The van der Waals surface area contributed by atoms with Gasteiger partial charge in [0, 0.05) is 10.6 Å². The van der Waals surface area contributed by atoms with Gasteiger partial charge in [0.25, 0.3) is 5.56 Å². The van der Waals surface area contributed by atoms with Crippen molar-refractivity contribution in [3.63, 3.8) is 0 Å². The Kier molecular flexibility index (Phi) is 3.99. The summed E-state index contributed by atoms with van der Waals surface area (Å²) in [6.45, 7) is 1.97. The first kappa shape index (κ1) is 15.8. The molecule has 0 aliphatic carbocycles. The first-order valence-corrected chi connectivity index (χ1v) is 8.68. The number of aryl methyl sites for hydroxylation is 1. The van der Waals surface area contributed by atoms with E-state index in [9.17, 15) is 4.79 Å². The first-order valence-electron chi connectivity index (χ1n) is 7.49. The Labute approximate surface area is 151 Å². The van der Waals surface area contributed by atoms with Gasteiger partial charge in [-0.25, -0.2) is 9.97 Å². The second kappa shape index (κ2) is 6.31. The van der Waals surface area contributed by atoms with Crippen LogP contribution in [0.5, 0.6) is 11.5 Å². The summed E-state index contributed by atoms with van der Waals surface area (Å²) in [6, 6.07) is 13.0. The highest BCUT2D eigenvalue weighted by Crippen LogP contribution is 2.32. The lowest BCUT2D eigenvalue weighted by Crippen LogP contribution is -2.05. The summed E-state index contributed by atoms with van der Waals surface area (Å²) < 4.78 is 5.89. The topological polar surface area (TPSA) is 67.9 Å². The molecule has 0 fully saturated rings. The number of hydrogen-bond acceptors (Lipinski definition) is 5. The van der Waals surface area contributed by atoms with Gasteiger partial charge in [0.05, 0.1) is 6.33 Å². The van der Waals surface area contributed by atoms with Crippen LogP contribution < -0.4 is 10.3 Å². The molecule has 25 heavy (non-hydrogen) atoms. The highest BCUT2D eigenvalue weighted by Gasteiger charge is 2.11. The molecule has 2 aromatic heterocycles. The van der Waals surface area contributed by atoms with Crippen LogP contribution in [-0.4, -0.2) is 15.0 Å². The highest BCUT2D eigenvalue weighted by atomic mass is 35.5. The largest absolute Gasteiger partial charge is 0.457 e. The fourth-order valence-electron chi connectivity index (χ4n) is 2.42. The zero-order chi connectivity index (χ0) is 17.4. The smallest absolute Gasteiger partial charge is 0.278 e. The zero-order valence-electron chi connectivity index (χ0n) is 13.1. The number of nitrogens with zero attached hydrogens (tertiary/aromatic N) is 2. The minimum Gasteiger partial charge on any atom is -0.457 e. The molecule has 0 amide bonds. The third kappa shape index (κ3) is 3.14. The lowest BCUT2D eigenvalue weighted by molar-refractivity contribution is 0.479. The van der Waals surface area contributed by atoms with Gasteiger partial charge in [-0.05, 0) is 55.0 Å². The molecule has 0 spiro atoms. The van der Waals surface area contributed by atoms with Crippen molar-refractivity contribution in [3.05, 3.63) is 69.7 Å². The third-order valence-corrected chi connectivity index (χ3v) is 4.93. The zero-order valence-corrected chi connectivity index (χ0v) is 14.7. The van der Waals surface area contributed by atoms with Crippen LogP contribution in [0.25, 0.3) is 20.9 Å². The number of nitrogens with one attached hydrogen (secondary N) is 1. The van der Waals surface area contributed by atoms with Crippen LogP contribution >= 0.6 is 22.9 Å². The van der Waals surface area contributed by atoms with Crippen LogP contribution in [0.1, 0.15) is 5.56 Å². The number of aromatic nitrogens is 3. The molecule has 1 N–H and O–H groups in total. The molecule has 0 unspecified atom stereocenters. The normalized spacial score (nSPS) is 11.0. The molecule has 7 heteroatoms. The monoisotopic (exact) mass is 369 g/mol. The summed E-state index contributed by atoms with van der Waals surface area (Å²) in [6.07, 6.45) is 1.39. The van der Waals surface area contributed by atoms with Crippen molar-refractivity contribution in [2.75, 3.05) is 0 Å². The van der Waals surface area contributed by atoms with Gasteiger partial charge in [-0.1, -0.05) is 22.9 Å². The summed E-state index contributed by atoms with van der Waals surface area (Å²) in [4.78, 5) is 23.5. The molecule has 0 atom stereocenters. The number of benzene rings is 2. The molecule has 0 saturated carbocycles. The summed E-state index contributed by atoms with van der Waals surface area (Å²) >= 11 is 7.28. The molecular weight excluding hydrogens is 358 g/mol. The van der Waals surface area contributed by atoms with Crippen LogP contribution in [0.2, 0.25) is 5.02 Å². The second-order valence-electron chi connectivity index (χ2n) is 5.44. The Morgan fingerprint density at radius 3 is 2.68 bits per heavy atom. The number of halogens is 1. The van der Waals surface area contributed by atoms with E-state index in [4.69, 9.17) is 16.3 Å². The summed E-state index contributed by atoms with van der Waals surface area (Å²) in [7, 11) is 0. The standard InChI is InChI=1S/C18H12ClN3O2S/c1-10-8-11(17-22-15-16(23)20-9-21-18(15)25-17)2-7-14(10)24-13-5-3-12(19)4-6-13/h2-9H,1H3,(H,20,21,23). The van der Waals surface area contributed by atoms with Crippen molar-refractivity contribution in [1.82, 2.24) is 15.0 Å². The molecular formula is C18H12ClN3O2S. The van der Waals surface area contributed by atoms with Gasteiger partial charge in [0.15, 0.2) is 10.3 Å². The Hall–Kier alpha value is -2.70. The summed E-state index contributed by atoms with van der Waals surface area (Å²) in [5.74, 6) is 1.47. The van der Waals surface area contributed by atoms with Crippen LogP contribution in [-0.2, 0) is 0 Å². The summed E-state index contributed by atoms with van der Waals surface area (Å²) in [5.41, 5.74) is 2.02. The molecule has 0 bridgehead atoms. The second-order valence-corrected chi connectivity index (χ2v) is 6.85. The minimum atomic E-state index is -0.230. The maximum Gasteiger partial charge on any atom is 0.278 e. The van der Waals surface area contributed by atoms with E-state index in [0.29, 0.717) is 15.4 Å². The summed E-state index contributed by atoms with van der Waals surface area (Å²) in [5, 5.41) is 1.42. The number of aromatic amines is 1. The van der Waals surface area contributed by atoms with Gasteiger partial charge in [0.1, 0.15) is 16.5 Å². The average molecular weight is 370 g/mol. The SMILES string of the molecule is Cc1cc(-c2nc3c(=O)[nH]cnc3s2)ccc1Oc1ccc(Cl)cc1. The quantitative estimate of drug-likeness (QED) is 0.563. The van der Waals surface area contributed by atoms with Crippen LogP contribution in [0.4, 0.5) is 0 Å². The average Bonchev–Trinajstić information content (AvgIpc) is 3.04. The van der Waals surface area contributed by atoms with Crippen molar-refractivity contribution in [2.24, 2.45) is 0 Å². The number of fused-ring (bicyclic) bond motifs is 1. The fourth-order valence-corrected chi connectivity index (χ4v) is 3.45. The molecule has 2 heterocycles. The van der Waals surface area contributed by atoms with Gasteiger partial charge in [-0.2, -0.15) is 0 Å². The third-order valence-electron chi connectivity index (χ3n) is 3.67. The van der Waals surface area contributed by atoms with Crippen molar-refractivity contribution in [3.8, 4) is 22.1 Å².